The van der Waals surface area contributed by atoms with E-state index in [0.717, 1.165) is 0 Å². The number of amides is 1. The van der Waals surface area contributed by atoms with Crippen molar-refractivity contribution in [3.63, 3.8) is 0 Å². The van der Waals surface area contributed by atoms with Crippen LogP contribution >= 0.6 is 0 Å². The Labute approximate surface area is 75.6 Å². The summed E-state index contributed by atoms with van der Waals surface area (Å²) in [5.74, 6) is -0.980. The number of rotatable bonds is 2. The molecule has 0 spiro atoms. The van der Waals surface area contributed by atoms with Crippen LogP contribution in [0.2, 0.25) is 0 Å². The number of hydrogen-bond donors (Lipinski definition) is 1. The number of ether oxygens (including phenoxy) is 1. The second kappa shape index (κ2) is 3.93. The molecule has 5 nitrogen and oxygen atoms in total. The average Bonchev–Trinajstić information content (AvgIpc) is 2.52. The van der Waals surface area contributed by atoms with E-state index >= 15 is 0 Å². The molecule has 0 atom stereocenters. The molecular weight excluding hydrogens is 174 g/mol. The molecule has 1 rings (SSSR count). The maximum atomic E-state index is 11.1. The van der Waals surface area contributed by atoms with Crippen molar-refractivity contribution < 1.29 is 19.4 Å². The molecule has 0 aromatic heterocycles. The fourth-order valence-corrected chi connectivity index (χ4v) is 1.07. The molecule has 1 aliphatic rings. The summed E-state index contributed by atoms with van der Waals surface area (Å²) >= 11 is 0. The van der Waals surface area contributed by atoms with Crippen molar-refractivity contribution in [2.24, 2.45) is 0 Å². The highest BCUT2D eigenvalue weighted by Crippen LogP contribution is 2.14. The fourth-order valence-electron chi connectivity index (χ4n) is 1.07. The lowest BCUT2D eigenvalue weighted by atomic mass is 10.2. The lowest BCUT2D eigenvalue weighted by Crippen LogP contribution is -2.24. The summed E-state index contributed by atoms with van der Waals surface area (Å²) in [5, 5.41) is 8.60. The second-order valence-electron chi connectivity index (χ2n) is 2.60. The molecule has 0 bridgehead atoms. The van der Waals surface area contributed by atoms with Gasteiger partial charge in [-0.15, -0.1) is 0 Å². The summed E-state index contributed by atoms with van der Waals surface area (Å²) < 4.78 is 4.70. The Balaban J connectivity index is 2.57. The summed E-state index contributed by atoms with van der Waals surface area (Å²) in [7, 11) is 0. The van der Waals surface area contributed by atoms with Crippen molar-refractivity contribution in [1.29, 1.82) is 0 Å². The highest BCUT2D eigenvalue weighted by atomic mass is 16.6. The third-order valence-electron chi connectivity index (χ3n) is 1.71. The lowest BCUT2D eigenvalue weighted by Gasteiger charge is -2.11. The summed E-state index contributed by atoms with van der Waals surface area (Å²) in [4.78, 5) is 22.8. The largest absolute Gasteiger partial charge is 0.478 e. The fraction of sp³-hybridized carbons (Fsp3) is 0.500. The third-order valence-corrected chi connectivity index (χ3v) is 1.71. The summed E-state index contributed by atoms with van der Waals surface area (Å²) in [6, 6.07) is 0. The Bertz CT molecular complexity index is 259. The van der Waals surface area contributed by atoms with Gasteiger partial charge in [-0.05, 0) is 13.3 Å². The topological polar surface area (TPSA) is 66.8 Å². The monoisotopic (exact) mass is 185 g/mol. The minimum atomic E-state index is -0.980. The zero-order chi connectivity index (χ0) is 9.84. The Morgan fingerprint density at radius 1 is 1.69 bits per heavy atom. The molecule has 0 aromatic rings. The first kappa shape index (κ1) is 9.57. The van der Waals surface area contributed by atoms with Crippen molar-refractivity contribution >= 4 is 12.1 Å². The number of carbonyl (C=O) groups is 2. The van der Waals surface area contributed by atoms with E-state index in [9.17, 15) is 9.59 Å². The zero-order valence-electron chi connectivity index (χ0n) is 7.32. The summed E-state index contributed by atoms with van der Waals surface area (Å²) in [6.45, 7) is 2.39. The molecule has 13 heavy (non-hydrogen) atoms. The van der Waals surface area contributed by atoms with Crippen molar-refractivity contribution in [1.82, 2.24) is 4.90 Å². The van der Waals surface area contributed by atoms with Crippen LogP contribution in [-0.2, 0) is 9.53 Å². The van der Waals surface area contributed by atoms with E-state index in [4.69, 9.17) is 9.84 Å². The maximum absolute atomic E-state index is 11.1. The van der Waals surface area contributed by atoms with Crippen molar-refractivity contribution in [2.45, 2.75) is 13.3 Å². The highest BCUT2D eigenvalue weighted by molar-refractivity contribution is 5.88. The van der Waals surface area contributed by atoms with E-state index in [1.54, 1.807) is 6.92 Å². The van der Waals surface area contributed by atoms with Crippen LogP contribution in [0.3, 0.4) is 0 Å². The van der Waals surface area contributed by atoms with Crippen LogP contribution in [0.4, 0.5) is 4.79 Å². The number of carboxylic acids is 1. The number of nitrogens with zero attached hydrogens (tertiary/aromatic N) is 1. The minimum Gasteiger partial charge on any atom is -0.478 e. The van der Waals surface area contributed by atoms with Gasteiger partial charge in [0.1, 0.15) is 0 Å². The maximum Gasteiger partial charge on any atom is 0.413 e. The molecule has 1 N–H and O–H groups in total. The van der Waals surface area contributed by atoms with E-state index in [0.29, 0.717) is 19.6 Å². The van der Waals surface area contributed by atoms with E-state index in [1.165, 1.54) is 11.1 Å². The van der Waals surface area contributed by atoms with Crippen LogP contribution in [0.15, 0.2) is 11.8 Å². The molecule has 0 radical (unpaired) electrons. The molecule has 1 amide bonds. The van der Waals surface area contributed by atoms with Gasteiger partial charge < -0.3 is 9.84 Å². The predicted octanol–water partition coefficient (Wildman–Crippen LogP) is 0.817. The second-order valence-corrected chi connectivity index (χ2v) is 2.60. The van der Waals surface area contributed by atoms with Gasteiger partial charge in [0, 0.05) is 12.7 Å². The Kier molecular flexibility index (Phi) is 2.89. The standard InChI is InChI=1S/C8H11NO4/c1-2-13-8(12)9-4-3-6(5-9)7(10)11/h5H,2-4H2,1H3,(H,10,11). The first-order valence-corrected chi connectivity index (χ1v) is 4.02. The van der Waals surface area contributed by atoms with E-state index in [-0.39, 0.29) is 5.57 Å². The molecule has 0 fully saturated rings. The average molecular weight is 185 g/mol. The van der Waals surface area contributed by atoms with Crippen LogP contribution in [0.5, 0.6) is 0 Å². The predicted molar refractivity (Wildman–Crippen MR) is 44.1 cm³/mol. The highest BCUT2D eigenvalue weighted by Gasteiger charge is 2.22. The third kappa shape index (κ3) is 2.21. The summed E-state index contributed by atoms with van der Waals surface area (Å²) in [5.41, 5.74) is 0.244. The van der Waals surface area contributed by atoms with Gasteiger partial charge >= 0.3 is 12.1 Å². The number of aliphatic carboxylic acids is 1. The van der Waals surface area contributed by atoms with Gasteiger partial charge in [0.25, 0.3) is 0 Å². The van der Waals surface area contributed by atoms with Crippen LogP contribution < -0.4 is 0 Å². The first-order chi connectivity index (χ1) is 6.15. The summed E-state index contributed by atoms with van der Waals surface area (Å²) in [6.07, 6.45) is 1.22. The number of hydrogen-bond acceptors (Lipinski definition) is 3. The van der Waals surface area contributed by atoms with E-state index < -0.39 is 12.1 Å². The van der Waals surface area contributed by atoms with Crippen molar-refractivity contribution in [3.05, 3.63) is 11.8 Å². The van der Waals surface area contributed by atoms with Gasteiger partial charge in [-0.3, -0.25) is 4.90 Å². The van der Waals surface area contributed by atoms with E-state index in [1.807, 2.05) is 0 Å². The molecule has 0 aromatic carbocycles. The quantitative estimate of drug-likeness (QED) is 0.691. The Morgan fingerprint density at radius 3 is 2.85 bits per heavy atom. The van der Waals surface area contributed by atoms with Crippen LogP contribution in [-0.4, -0.2) is 35.2 Å². The van der Waals surface area contributed by atoms with Crippen molar-refractivity contribution in [3.8, 4) is 0 Å². The number of carbonyl (C=O) groups excluding carboxylic acids is 1. The zero-order valence-corrected chi connectivity index (χ0v) is 7.32. The molecular formula is C8H11NO4. The molecule has 0 saturated heterocycles. The van der Waals surface area contributed by atoms with Crippen molar-refractivity contribution in [2.75, 3.05) is 13.2 Å². The van der Waals surface area contributed by atoms with Crippen LogP contribution in [0.1, 0.15) is 13.3 Å². The Hall–Kier alpha value is -1.52. The van der Waals surface area contributed by atoms with Gasteiger partial charge in [-0.2, -0.15) is 0 Å². The smallest absolute Gasteiger partial charge is 0.413 e. The van der Waals surface area contributed by atoms with Gasteiger partial charge in [-0.1, -0.05) is 0 Å². The normalized spacial score (nSPS) is 15.5. The molecule has 1 aliphatic heterocycles. The minimum absolute atomic E-state index is 0.244. The molecule has 0 unspecified atom stereocenters. The molecule has 1 heterocycles. The van der Waals surface area contributed by atoms with Gasteiger partial charge in [0.05, 0.1) is 12.2 Å². The SMILES string of the molecule is CCOC(=O)N1C=C(C(=O)O)CC1. The van der Waals surface area contributed by atoms with Gasteiger partial charge in [-0.25, -0.2) is 9.59 Å². The molecule has 5 heteroatoms. The molecule has 0 aliphatic carbocycles. The lowest BCUT2D eigenvalue weighted by molar-refractivity contribution is -0.132. The van der Waals surface area contributed by atoms with Crippen LogP contribution in [0, 0.1) is 0 Å². The first-order valence-electron chi connectivity index (χ1n) is 4.02. The van der Waals surface area contributed by atoms with Crippen LogP contribution in [0.25, 0.3) is 0 Å². The Morgan fingerprint density at radius 2 is 2.38 bits per heavy atom. The van der Waals surface area contributed by atoms with Gasteiger partial charge in [0.15, 0.2) is 0 Å². The number of carboxylic acid groups (broad SMARTS) is 1. The molecule has 0 saturated carbocycles. The molecule has 72 valence electrons. The van der Waals surface area contributed by atoms with E-state index in [2.05, 4.69) is 0 Å². The van der Waals surface area contributed by atoms with Gasteiger partial charge in [0.2, 0.25) is 0 Å².